The van der Waals surface area contributed by atoms with Gasteiger partial charge >= 0.3 is 0 Å². The summed E-state index contributed by atoms with van der Waals surface area (Å²) >= 11 is 0. The Hall–Kier alpha value is 0. The third-order valence-corrected chi connectivity index (χ3v) is 2.24. The van der Waals surface area contributed by atoms with Crippen molar-refractivity contribution in [2.45, 2.75) is 59.3 Å². The molecule has 1 radical (unpaired) electrons. The Morgan fingerprint density at radius 1 is 1.18 bits per heavy atom. The molecular weight excluding hydrogens is 132 g/mol. The van der Waals surface area contributed by atoms with Gasteiger partial charge in [-0.2, -0.15) is 0 Å². The van der Waals surface area contributed by atoms with Crippen molar-refractivity contribution in [1.29, 1.82) is 0 Å². The van der Waals surface area contributed by atoms with Gasteiger partial charge in [-0.05, 0) is 12.3 Å². The van der Waals surface area contributed by atoms with Crippen LogP contribution in [0.25, 0.3) is 0 Å². The zero-order valence-corrected chi connectivity index (χ0v) is 8.40. The highest BCUT2D eigenvalue weighted by atomic mass is 14.1. The van der Waals surface area contributed by atoms with E-state index < -0.39 is 0 Å². The normalized spacial score (nSPS) is 13.4. The zero-order chi connectivity index (χ0) is 8.53. The molecule has 0 nitrogen and oxygen atoms in total. The van der Waals surface area contributed by atoms with E-state index >= 15 is 0 Å². The van der Waals surface area contributed by atoms with E-state index in [1.807, 2.05) is 0 Å². The van der Waals surface area contributed by atoms with E-state index in [0.717, 1.165) is 5.92 Å². The fourth-order valence-corrected chi connectivity index (χ4v) is 1.37. The Balaban J connectivity index is 3.02. The summed E-state index contributed by atoms with van der Waals surface area (Å²) in [4.78, 5) is 0. The Morgan fingerprint density at radius 2 is 1.82 bits per heavy atom. The van der Waals surface area contributed by atoms with Gasteiger partial charge in [0.25, 0.3) is 0 Å². The second-order valence-electron chi connectivity index (χ2n) is 3.59. The van der Waals surface area contributed by atoms with Crippen molar-refractivity contribution in [2.24, 2.45) is 5.92 Å². The molecule has 0 heterocycles. The monoisotopic (exact) mass is 155 g/mol. The zero-order valence-electron chi connectivity index (χ0n) is 8.40. The Bertz CT molecular complexity index is 66.4. The Morgan fingerprint density at radius 3 is 2.36 bits per heavy atom. The van der Waals surface area contributed by atoms with E-state index in [0.29, 0.717) is 0 Å². The van der Waals surface area contributed by atoms with Gasteiger partial charge in [0, 0.05) is 0 Å². The molecular formula is C11H23. The maximum absolute atomic E-state index is 2.38. The molecule has 0 bridgehead atoms. The molecule has 0 aromatic carbocycles. The topological polar surface area (TPSA) is 0 Å². The van der Waals surface area contributed by atoms with Gasteiger partial charge in [0.1, 0.15) is 0 Å². The van der Waals surface area contributed by atoms with Crippen LogP contribution >= 0.6 is 0 Å². The summed E-state index contributed by atoms with van der Waals surface area (Å²) in [6, 6.07) is 0. The molecule has 0 aromatic rings. The molecule has 0 aliphatic heterocycles. The second kappa shape index (κ2) is 8.10. The van der Waals surface area contributed by atoms with Crippen molar-refractivity contribution in [3.63, 3.8) is 0 Å². The van der Waals surface area contributed by atoms with E-state index in [2.05, 4.69) is 27.2 Å². The number of hydrogen-bond donors (Lipinski definition) is 0. The van der Waals surface area contributed by atoms with Gasteiger partial charge in [0.05, 0.1) is 0 Å². The molecule has 0 saturated heterocycles. The third kappa shape index (κ3) is 7.90. The predicted octanol–water partition coefficient (Wildman–Crippen LogP) is 4.21. The van der Waals surface area contributed by atoms with Gasteiger partial charge in [-0.3, -0.25) is 0 Å². The molecule has 0 aliphatic rings. The minimum absolute atomic E-state index is 0.954. The summed E-state index contributed by atoms with van der Waals surface area (Å²) in [6.45, 7) is 6.80. The van der Waals surface area contributed by atoms with Crippen LogP contribution in [0, 0.1) is 12.3 Å². The van der Waals surface area contributed by atoms with Crippen molar-refractivity contribution in [3.8, 4) is 0 Å². The van der Waals surface area contributed by atoms with Crippen molar-refractivity contribution < 1.29 is 0 Å². The lowest BCUT2D eigenvalue weighted by Gasteiger charge is -2.08. The lowest BCUT2D eigenvalue weighted by Crippen LogP contribution is -1.94. The average Bonchev–Trinajstić information content (AvgIpc) is 2.01. The van der Waals surface area contributed by atoms with E-state index in [4.69, 9.17) is 0 Å². The molecule has 0 N–H and O–H groups in total. The predicted molar refractivity (Wildman–Crippen MR) is 52.5 cm³/mol. The highest BCUT2D eigenvalue weighted by Gasteiger charge is 1.99. The minimum atomic E-state index is 0.954. The summed E-state index contributed by atoms with van der Waals surface area (Å²) in [7, 11) is 0. The molecule has 0 aliphatic carbocycles. The van der Waals surface area contributed by atoms with Crippen molar-refractivity contribution in [3.05, 3.63) is 6.42 Å². The first kappa shape index (κ1) is 11.0. The lowest BCUT2D eigenvalue weighted by molar-refractivity contribution is 0.456. The molecule has 1 unspecified atom stereocenters. The van der Waals surface area contributed by atoms with Crippen LogP contribution in [-0.2, 0) is 0 Å². The first-order valence-electron chi connectivity index (χ1n) is 5.09. The van der Waals surface area contributed by atoms with Crippen LogP contribution in [0.4, 0.5) is 0 Å². The van der Waals surface area contributed by atoms with E-state index in [1.165, 1.54) is 38.5 Å². The quantitative estimate of drug-likeness (QED) is 0.483. The average molecular weight is 155 g/mol. The van der Waals surface area contributed by atoms with E-state index in [9.17, 15) is 0 Å². The molecule has 1 atom stereocenters. The van der Waals surface area contributed by atoms with Crippen LogP contribution in [0.5, 0.6) is 0 Å². The molecule has 11 heavy (non-hydrogen) atoms. The van der Waals surface area contributed by atoms with Gasteiger partial charge in [-0.25, -0.2) is 0 Å². The number of rotatable bonds is 7. The van der Waals surface area contributed by atoms with Gasteiger partial charge in [-0.15, -0.1) is 0 Å². The van der Waals surface area contributed by atoms with Crippen molar-refractivity contribution in [1.82, 2.24) is 0 Å². The van der Waals surface area contributed by atoms with Crippen LogP contribution in [0.2, 0.25) is 0 Å². The minimum Gasteiger partial charge on any atom is -0.0654 e. The fourth-order valence-electron chi connectivity index (χ4n) is 1.37. The van der Waals surface area contributed by atoms with Crippen molar-refractivity contribution in [2.75, 3.05) is 0 Å². The van der Waals surface area contributed by atoms with Crippen molar-refractivity contribution >= 4 is 0 Å². The van der Waals surface area contributed by atoms with E-state index in [-0.39, 0.29) is 0 Å². The van der Waals surface area contributed by atoms with E-state index in [1.54, 1.807) is 0 Å². The van der Waals surface area contributed by atoms with Gasteiger partial charge in [-0.1, -0.05) is 59.3 Å². The molecule has 67 valence electrons. The SMILES string of the molecule is C[CH]CCCC(C)CCCC. The smallest absolute Gasteiger partial charge is 0.0417 e. The summed E-state index contributed by atoms with van der Waals surface area (Å²) in [5.74, 6) is 0.954. The molecule has 0 heteroatoms. The first-order chi connectivity index (χ1) is 5.31. The largest absolute Gasteiger partial charge is 0.0654 e. The van der Waals surface area contributed by atoms with Gasteiger partial charge < -0.3 is 0 Å². The molecule has 0 aromatic heterocycles. The first-order valence-corrected chi connectivity index (χ1v) is 5.09. The highest BCUT2D eigenvalue weighted by Crippen LogP contribution is 2.15. The number of unbranched alkanes of at least 4 members (excludes halogenated alkanes) is 3. The summed E-state index contributed by atoms with van der Waals surface area (Å²) < 4.78 is 0. The molecule has 0 rings (SSSR count). The third-order valence-electron chi connectivity index (χ3n) is 2.24. The molecule has 0 saturated carbocycles. The standard InChI is InChI=1S/C11H23/c1-4-6-8-10-11(3)9-7-5-2/h4,11H,5-10H2,1-3H3. The van der Waals surface area contributed by atoms with Gasteiger partial charge in [0.15, 0.2) is 0 Å². The maximum Gasteiger partial charge on any atom is -0.0417 e. The molecule has 0 amide bonds. The fraction of sp³-hybridized carbons (Fsp3) is 0.909. The van der Waals surface area contributed by atoms with Crippen LogP contribution < -0.4 is 0 Å². The Kier molecular flexibility index (Phi) is 8.10. The molecule has 0 fully saturated rings. The number of hydrogen-bond acceptors (Lipinski definition) is 0. The highest BCUT2D eigenvalue weighted by molar-refractivity contribution is 4.59. The van der Waals surface area contributed by atoms with Crippen LogP contribution in [0.3, 0.4) is 0 Å². The summed E-state index contributed by atoms with van der Waals surface area (Å²) in [5, 5.41) is 0. The lowest BCUT2D eigenvalue weighted by atomic mass is 9.98. The maximum atomic E-state index is 2.38. The Labute approximate surface area is 72.4 Å². The molecule has 0 spiro atoms. The summed E-state index contributed by atoms with van der Waals surface area (Å²) in [6.07, 6.45) is 10.6. The van der Waals surface area contributed by atoms with Crippen LogP contribution in [0.15, 0.2) is 0 Å². The summed E-state index contributed by atoms with van der Waals surface area (Å²) in [5.41, 5.74) is 0. The van der Waals surface area contributed by atoms with Gasteiger partial charge in [0.2, 0.25) is 0 Å². The van der Waals surface area contributed by atoms with Crippen LogP contribution in [0.1, 0.15) is 59.3 Å². The second-order valence-corrected chi connectivity index (χ2v) is 3.59. The van der Waals surface area contributed by atoms with Crippen LogP contribution in [-0.4, -0.2) is 0 Å².